The number of carboxylic acid groups (broad SMARTS) is 1. The molecule has 1 saturated carbocycles. The van der Waals surface area contributed by atoms with Crippen LogP contribution in [0.15, 0.2) is 29.2 Å². The molecule has 1 aromatic carbocycles. The van der Waals surface area contributed by atoms with E-state index in [1.807, 2.05) is 0 Å². The zero-order valence-electron chi connectivity index (χ0n) is 14.9. The number of piperidine rings is 1. The van der Waals surface area contributed by atoms with Crippen LogP contribution in [0.1, 0.15) is 38.5 Å². The summed E-state index contributed by atoms with van der Waals surface area (Å²) in [5.41, 5.74) is -1.24. The van der Waals surface area contributed by atoms with Crippen molar-refractivity contribution in [2.45, 2.75) is 49.0 Å². The highest BCUT2D eigenvalue weighted by molar-refractivity contribution is 7.89. The molecule has 1 amide bonds. The second kappa shape index (κ2) is 7.55. The molecule has 3 rings (SSSR count). The molecule has 1 aromatic rings. The van der Waals surface area contributed by atoms with Gasteiger partial charge in [-0.3, -0.25) is 4.79 Å². The van der Waals surface area contributed by atoms with Crippen molar-refractivity contribution >= 4 is 21.9 Å². The van der Waals surface area contributed by atoms with Gasteiger partial charge in [0.05, 0.1) is 10.8 Å². The fraction of sp³-hybridized carbons (Fsp3) is 0.556. The SMILES string of the molecule is O=C(NC1(C(=O)O)CCCC1)C1CCCN(S(=O)(=O)c2ccc(F)cc2)C1. The summed E-state index contributed by atoms with van der Waals surface area (Å²) in [5, 5.41) is 12.2. The smallest absolute Gasteiger partial charge is 0.329 e. The number of aliphatic carboxylic acids is 1. The van der Waals surface area contributed by atoms with Crippen molar-refractivity contribution in [1.29, 1.82) is 0 Å². The quantitative estimate of drug-likeness (QED) is 0.786. The number of carbonyl (C=O) groups is 2. The number of carbonyl (C=O) groups excluding carboxylic acids is 1. The Labute approximate surface area is 157 Å². The minimum atomic E-state index is -3.83. The molecule has 2 aliphatic rings. The Bertz CT molecular complexity index is 819. The first-order chi connectivity index (χ1) is 12.7. The number of sulfonamides is 1. The summed E-state index contributed by atoms with van der Waals surface area (Å²) < 4.78 is 39.8. The molecule has 2 fully saturated rings. The standard InChI is InChI=1S/C18H23FN2O5S/c19-14-5-7-15(8-6-14)27(25,26)21-11-3-4-13(12-21)16(22)20-18(17(23)24)9-1-2-10-18/h5-8,13H,1-4,9-12H2,(H,20,22)(H,23,24). The summed E-state index contributed by atoms with van der Waals surface area (Å²) >= 11 is 0. The molecule has 0 bridgehead atoms. The highest BCUT2D eigenvalue weighted by Gasteiger charge is 2.44. The Kier molecular flexibility index (Phi) is 5.53. The molecule has 1 atom stereocenters. The maximum Gasteiger partial charge on any atom is 0.329 e. The number of nitrogens with zero attached hydrogens (tertiary/aromatic N) is 1. The van der Waals surface area contributed by atoms with Gasteiger partial charge >= 0.3 is 5.97 Å². The molecule has 27 heavy (non-hydrogen) atoms. The fourth-order valence-corrected chi connectivity index (χ4v) is 5.36. The highest BCUT2D eigenvalue weighted by atomic mass is 32.2. The molecule has 1 aliphatic heterocycles. The Morgan fingerprint density at radius 3 is 2.37 bits per heavy atom. The van der Waals surface area contributed by atoms with Crippen molar-refractivity contribution in [3.63, 3.8) is 0 Å². The molecule has 1 unspecified atom stereocenters. The minimum Gasteiger partial charge on any atom is -0.480 e. The van der Waals surface area contributed by atoms with Crippen LogP contribution in [0, 0.1) is 11.7 Å². The summed E-state index contributed by atoms with van der Waals surface area (Å²) in [6.45, 7) is 0.259. The first-order valence-electron chi connectivity index (χ1n) is 9.06. The van der Waals surface area contributed by atoms with E-state index in [-0.39, 0.29) is 18.0 Å². The Hall–Kier alpha value is -2.00. The molecule has 1 saturated heterocycles. The number of hydrogen-bond donors (Lipinski definition) is 2. The number of amides is 1. The maximum atomic E-state index is 13.1. The van der Waals surface area contributed by atoms with Gasteiger partial charge in [-0.1, -0.05) is 12.8 Å². The predicted octanol–water partition coefficient (Wildman–Crippen LogP) is 1.74. The van der Waals surface area contributed by atoms with Gasteiger partial charge in [-0.15, -0.1) is 0 Å². The molecule has 1 heterocycles. The second-order valence-electron chi connectivity index (χ2n) is 7.24. The molecular weight excluding hydrogens is 375 g/mol. The maximum absolute atomic E-state index is 13.1. The molecule has 148 valence electrons. The van der Waals surface area contributed by atoms with Crippen molar-refractivity contribution in [2.24, 2.45) is 5.92 Å². The van der Waals surface area contributed by atoms with Gasteiger partial charge in [0.1, 0.15) is 11.4 Å². The average molecular weight is 398 g/mol. The van der Waals surface area contributed by atoms with E-state index in [2.05, 4.69) is 5.32 Å². The normalized spacial score (nSPS) is 23.1. The van der Waals surface area contributed by atoms with E-state index in [0.717, 1.165) is 25.0 Å². The highest BCUT2D eigenvalue weighted by Crippen LogP contribution is 2.31. The third-order valence-electron chi connectivity index (χ3n) is 5.44. The lowest BCUT2D eigenvalue weighted by atomic mass is 9.93. The summed E-state index contributed by atoms with van der Waals surface area (Å²) in [4.78, 5) is 24.3. The first kappa shape index (κ1) is 19.8. The second-order valence-corrected chi connectivity index (χ2v) is 9.18. The lowest BCUT2D eigenvalue weighted by molar-refractivity contribution is -0.148. The molecule has 9 heteroatoms. The van der Waals surface area contributed by atoms with Gasteiger partial charge < -0.3 is 10.4 Å². The largest absolute Gasteiger partial charge is 0.480 e. The van der Waals surface area contributed by atoms with E-state index in [9.17, 15) is 27.5 Å². The predicted molar refractivity (Wildman–Crippen MR) is 94.9 cm³/mol. The van der Waals surface area contributed by atoms with Crippen molar-refractivity contribution in [3.8, 4) is 0 Å². The van der Waals surface area contributed by atoms with Crippen LogP contribution >= 0.6 is 0 Å². The van der Waals surface area contributed by atoms with Gasteiger partial charge in [-0.2, -0.15) is 4.31 Å². The minimum absolute atomic E-state index is 0.0127. The topological polar surface area (TPSA) is 104 Å². The van der Waals surface area contributed by atoms with E-state index in [1.54, 1.807) is 0 Å². The van der Waals surface area contributed by atoms with Crippen molar-refractivity contribution in [3.05, 3.63) is 30.1 Å². The summed E-state index contributed by atoms with van der Waals surface area (Å²) in [6.07, 6.45) is 3.25. The monoisotopic (exact) mass is 398 g/mol. The van der Waals surface area contributed by atoms with Crippen LogP contribution in [0.2, 0.25) is 0 Å². The van der Waals surface area contributed by atoms with Gasteiger partial charge in [0.25, 0.3) is 0 Å². The van der Waals surface area contributed by atoms with Crippen LogP contribution in [0.3, 0.4) is 0 Å². The number of halogens is 1. The molecule has 0 radical (unpaired) electrons. The zero-order valence-corrected chi connectivity index (χ0v) is 15.7. The molecule has 2 N–H and O–H groups in total. The van der Waals surface area contributed by atoms with Crippen LogP contribution in [0.4, 0.5) is 4.39 Å². The Balaban J connectivity index is 1.73. The van der Waals surface area contributed by atoms with Crippen LogP contribution in [0.25, 0.3) is 0 Å². The molecule has 1 aliphatic carbocycles. The van der Waals surface area contributed by atoms with Crippen molar-refractivity contribution in [1.82, 2.24) is 9.62 Å². The van der Waals surface area contributed by atoms with E-state index >= 15 is 0 Å². The van der Waals surface area contributed by atoms with E-state index in [4.69, 9.17) is 0 Å². The number of benzene rings is 1. The molecule has 0 aromatic heterocycles. The molecule has 7 nitrogen and oxygen atoms in total. The van der Waals surface area contributed by atoms with Crippen LogP contribution < -0.4 is 5.32 Å². The van der Waals surface area contributed by atoms with E-state index < -0.39 is 39.2 Å². The first-order valence-corrected chi connectivity index (χ1v) is 10.5. The van der Waals surface area contributed by atoms with E-state index in [1.165, 1.54) is 16.4 Å². The summed E-state index contributed by atoms with van der Waals surface area (Å²) in [7, 11) is -3.83. The van der Waals surface area contributed by atoms with Crippen LogP contribution in [-0.2, 0) is 19.6 Å². The van der Waals surface area contributed by atoms with Gasteiger partial charge in [-0.05, 0) is 49.9 Å². The number of hydrogen-bond acceptors (Lipinski definition) is 4. The van der Waals surface area contributed by atoms with Crippen molar-refractivity contribution in [2.75, 3.05) is 13.1 Å². The van der Waals surface area contributed by atoms with Crippen LogP contribution in [0.5, 0.6) is 0 Å². The number of rotatable bonds is 5. The average Bonchev–Trinajstić information content (AvgIpc) is 3.12. The Morgan fingerprint density at radius 2 is 1.78 bits per heavy atom. The Morgan fingerprint density at radius 1 is 1.15 bits per heavy atom. The lowest BCUT2D eigenvalue weighted by Gasteiger charge is -2.33. The molecular formula is C18H23FN2O5S. The zero-order chi connectivity index (χ0) is 19.7. The summed E-state index contributed by atoms with van der Waals surface area (Å²) in [6, 6.07) is 4.56. The van der Waals surface area contributed by atoms with Crippen LogP contribution in [-0.4, -0.2) is 48.3 Å². The lowest BCUT2D eigenvalue weighted by Crippen LogP contribution is -2.56. The molecule has 0 spiro atoms. The fourth-order valence-electron chi connectivity index (χ4n) is 3.84. The van der Waals surface area contributed by atoms with Gasteiger partial charge in [-0.25, -0.2) is 17.6 Å². The van der Waals surface area contributed by atoms with Gasteiger partial charge in [0.15, 0.2) is 0 Å². The van der Waals surface area contributed by atoms with Gasteiger partial charge in [0, 0.05) is 13.1 Å². The number of nitrogens with one attached hydrogen (secondary N) is 1. The van der Waals surface area contributed by atoms with Crippen molar-refractivity contribution < 1.29 is 27.5 Å². The van der Waals surface area contributed by atoms with E-state index in [0.29, 0.717) is 25.7 Å². The third kappa shape index (κ3) is 3.98. The number of carboxylic acids is 1. The summed E-state index contributed by atoms with van der Waals surface area (Å²) in [5.74, 6) is -2.59. The third-order valence-corrected chi connectivity index (χ3v) is 7.31. The van der Waals surface area contributed by atoms with Gasteiger partial charge in [0.2, 0.25) is 15.9 Å².